The summed E-state index contributed by atoms with van der Waals surface area (Å²) in [7, 11) is 0. The normalized spacial score (nSPS) is 23.9. The number of aliphatic carboxylic acids is 2. The number of halogens is 1. The number of phenolic OH excluding ortho intramolecular Hbond substituents is 2. The highest BCUT2D eigenvalue weighted by molar-refractivity contribution is 8.02. The molecule has 4 aliphatic rings. The van der Waals surface area contributed by atoms with E-state index in [-0.39, 0.29) is 36.8 Å². The Morgan fingerprint density at radius 2 is 1.80 bits per heavy atom. The van der Waals surface area contributed by atoms with E-state index < -0.39 is 97.7 Å². The predicted octanol–water partition coefficient (Wildman–Crippen LogP) is -0.650. The van der Waals surface area contributed by atoms with Gasteiger partial charge in [0.25, 0.3) is 11.7 Å². The van der Waals surface area contributed by atoms with Crippen molar-refractivity contribution >= 4 is 87.0 Å². The summed E-state index contributed by atoms with van der Waals surface area (Å²) in [4.78, 5) is 99.2. The minimum atomic E-state index is -2.08. The number of carbonyl (C=O) groups is 7. The predicted molar refractivity (Wildman–Crippen MR) is 170 cm³/mol. The van der Waals surface area contributed by atoms with Gasteiger partial charge in [0.15, 0.2) is 22.3 Å². The summed E-state index contributed by atoms with van der Waals surface area (Å²) in [5, 5.41) is 46.1. The molecule has 0 unspecified atom stereocenters. The molecule has 1 aromatic heterocycles. The Morgan fingerprint density at radius 3 is 2.40 bits per heavy atom. The van der Waals surface area contributed by atoms with E-state index in [0.717, 1.165) is 33.3 Å². The molecule has 3 aliphatic heterocycles. The van der Waals surface area contributed by atoms with Crippen molar-refractivity contribution in [1.82, 2.24) is 30.5 Å². The molecular formula is C27H25ClN8O12S2. The monoisotopic (exact) mass is 752 g/mol. The number of fused-ring (bicyclic) bond motifs is 1. The van der Waals surface area contributed by atoms with Crippen LogP contribution in [-0.4, -0.2) is 129 Å². The number of amides is 5. The molecule has 4 heterocycles. The van der Waals surface area contributed by atoms with Crippen molar-refractivity contribution in [3.8, 4) is 11.5 Å². The average molecular weight is 753 g/mol. The number of urea groups is 1. The maximum absolute atomic E-state index is 13.4. The van der Waals surface area contributed by atoms with Gasteiger partial charge in [-0.05, 0) is 18.6 Å². The number of anilines is 1. The van der Waals surface area contributed by atoms with Crippen molar-refractivity contribution in [3.63, 3.8) is 0 Å². The number of nitrogens with one attached hydrogen (secondary N) is 2. The lowest BCUT2D eigenvalue weighted by Crippen LogP contribution is -2.68. The van der Waals surface area contributed by atoms with Crippen LogP contribution in [0.25, 0.3) is 0 Å². The molecule has 20 nitrogen and oxygen atoms in total. The van der Waals surface area contributed by atoms with Gasteiger partial charge in [0.1, 0.15) is 17.1 Å². The van der Waals surface area contributed by atoms with Crippen molar-refractivity contribution < 1.29 is 58.8 Å². The number of phenols is 2. The summed E-state index contributed by atoms with van der Waals surface area (Å²) in [5.41, 5.74) is 5.15. The van der Waals surface area contributed by atoms with E-state index >= 15 is 0 Å². The van der Waals surface area contributed by atoms with Crippen molar-refractivity contribution in [2.45, 2.75) is 41.2 Å². The molecule has 0 radical (unpaired) electrons. The van der Waals surface area contributed by atoms with Crippen LogP contribution in [0.15, 0.2) is 22.7 Å². The van der Waals surface area contributed by atoms with Crippen LogP contribution >= 0.6 is 34.7 Å². The van der Waals surface area contributed by atoms with Crippen LogP contribution in [0, 0.1) is 0 Å². The topological polar surface area (TPSA) is 295 Å². The zero-order valence-electron chi connectivity index (χ0n) is 25.2. The first-order valence-corrected chi connectivity index (χ1v) is 16.6. The standard InChI is InChI=1S/C27H25ClN8O12S2/c28-13-10(2-3-12(37)17(13)39)16(38)19(41)32-36-7-6-35(25(36)47)27(23(45)46)9-34-20(42)15(21(34)50-27)31-18(40)14(11-8-49-24(29)30-11)33-48-26(22(43)44)4-1-5-26/h2-3,8,15,21,37,39H,1,4-7,9H2,(H2,29,30)(H,31,40)(H,32,41)(H,43,44)(H,45,46)/b33-14-/t15-,21-,27-/m1/s1. The molecule has 0 spiro atoms. The van der Waals surface area contributed by atoms with E-state index in [1.807, 2.05) is 0 Å². The van der Waals surface area contributed by atoms with E-state index in [1.54, 1.807) is 0 Å². The number of hydrogen-bond donors (Lipinski definition) is 7. The van der Waals surface area contributed by atoms with Crippen LogP contribution in [0.2, 0.25) is 5.02 Å². The molecular weight excluding hydrogens is 728 g/mol. The lowest BCUT2D eigenvalue weighted by atomic mass is 9.80. The van der Waals surface area contributed by atoms with Crippen molar-refractivity contribution in [3.05, 3.63) is 33.8 Å². The quantitative estimate of drug-likeness (QED) is 0.0375. The fraction of sp³-hybridized carbons (Fsp3) is 0.370. The number of nitrogens with zero attached hydrogens (tertiary/aromatic N) is 5. The molecule has 3 saturated heterocycles. The Hall–Kier alpha value is -5.35. The number of nitrogens with two attached hydrogens (primary N) is 1. The number of aromatic nitrogens is 1. The van der Waals surface area contributed by atoms with Gasteiger partial charge in [0, 0.05) is 24.8 Å². The van der Waals surface area contributed by atoms with E-state index in [1.165, 1.54) is 5.38 Å². The van der Waals surface area contributed by atoms with Gasteiger partial charge in [-0.25, -0.2) is 24.4 Å². The molecule has 1 saturated carbocycles. The number of thioether (sulfide) groups is 1. The molecule has 1 aromatic carbocycles. The number of hydrazine groups is 1. The maximum atomic E-state index is 13.4. The molecule has 5 amide bonds. The van der Waals surface area contributed by atoms with Gasteiger partial charge < -0.3 is 41.2 Å². The second-order valence-electron chi connectivity index (χ2n) is 11.4. The number of carbonyl (C=O) groups excluding carboxylic acids is 5. The first-order chi connectivity index (χ1) is 23.6. The number of carboxylic acid groups (broad SMARTS) is 2. The zero-order valence-corrected chi connectivity index (χ0v) is 27.6. The van der Waals surface area contributed by atoms with Crippen LogP contribution < -0.4 is 16.5 Å². The molecule has 3 atom stereocenters. The summed E-state index contributed by atoms with van der Waals surface area (Å²) in [6.07, 6.45) is 0.859. The SMILES string of the molecule is Nc1nc(/C(=N/OC2(C(=O)O)CCC2)C(=O)N[C@@H]2C(=O)N3C[C@@](C(=O)O)(N4CCN(NC(=O)C(=O)c5ccc(O)c(O)c5Cl)C4=O)S[C@H]23)cs1. The van der Waals surface area contributed by atoms with Gasteiger partial charge in [-0.15, -0.1) is 11.3 Å². The fourth-order valence-corrected chi connectivity index (χ4v) is 8.02. The molecule has 4 fully saturated rings. The van der Waals surface area contributed by atoms with E-state index in [0.29, 0.717) is 23.2 Å². The third-order valence-corrected chi connectivity index (χ3v) is 11.3. The van der Waals surface area contributed by atoms with Gasteiger partial charge in [0.2, 0.25) is 16.4 Å². The van der Waals surface area contributed by atoms with E-state index in [2.05, 4.69) is 20.9 Å². The number of benzene rings is 1. The highest BCUT2D eigenvalue weighted by atomic mass is 35.5. The number of rotatable bonds is 11. The Bertz CT molecular complexity index is 1900. The molecule has 23 heteroatoms. The average Bonchev–Trinajstić information content (AvgIpc) is 3.75. The third-order valence-electron chi connectivity index (χ3n) is 8.53. The highest BCUT2D eigenvalue weighted by Crippen LogP contribution is 2.49. The highest BCUT2D eigenvalue weighted by Gasteiger charge is 2.66. The molecule has 0 bridgehead atoms. The number of Topliss-reactive ketones (excluding diaryl/α,β-unsaturated/α-hetero) is 1. The summed E-state index contributed by atoms with van der Waals surface area (Å²) >= 11 is 7.52. The number of nitrogen functional groups attached to an aromatic ring is 1. The van der Waals surface area contributed by atoms with Gasteiger partial charge >= 0.3 is 23.9 Å². The van der Waals surface area contributed by atoms with Crippen molar-refractivity contribution in [2.24, 2.45) is 5.16 Å². The number of carboxylic acids is 2. The van der Waals surface area contributed by atoms with Crippen LogP contribution in [0.5, 0.6) is 11.5 Å². The summed E-state index contributed by atoms with van der Waals surface area (Å²) in [6, 6.07) is -0.409. The first kappa shape index (κ1) is 34.5. The number of β-lactam (4-membered cyclic amide) rings is 1. The van der Waals surface area contributed by atoms with Crippen molar-refractivity contribution in [2.75, 3.05) is 25.4 Å². The molecule has 1 aliphatic carbocycles. The molecule has 6 rings (SSSR count). The van der Waals surface area contributed by atoms with Gasteiger partial charge in [-0.1, -0.05) is 28.5 Å². The van der Waals surface area contributed by atoms with Crippen LogP contribution in [0.1, 0.15) is 35.3 Å². The van der Waals surface area contributed by atoms with Gasteiger partial charge in [-0.2, -0.15) is 0 Å². The van der Waals surface area contributed by atoms with E-state index in [4.69, 9.17) is 22.2 Å². The van der Waals surface area contributed by atoms with E-state index in [9.17, 15) is 54.0 Å². The van der Waals surface area contributed by atoms with Gasteiger partial charge in [0.05, 0.1) is 23.7 Å². The largest absolute Gasteiger partial charge is 0.504 e. The van der Waals surface area contributed by atoms with Gasteiger partial charge in [-0.3, -0.25) is 29.5 Å². The second kappa shape index (κ2) is 12.5. The lowest BCUT2D eigenvalue weighted by molar-refractivity contribution is -0.178. The number of ketones is 1. The summed E-state index contributed by atoms with van der Waals surface area (Å²) < 4.78 is 0. The Labute approximate surface area is 292 Å². The Kier molecular flexibility index (Phi) is 8.64. The molecule has 264 valence electrons. The zero-order chi connectivity index (χ0) is 36.3. The van der Waals surface area contributed by atoms with Crippen LogP contribution in [-0.2, 0) is 28.8 Å². The number of aromatic hydroxyl groups is 2. The third kappa shape index (κ3) is 5.53. The number of oxime groups is 1. The molecule has 8 N–H and O–H groups in total. The smallest absolute Gasteiger partial charge is 0.350 e. The Balaban J connectivity index is 1.16. The minimum Gasteiger partial charge on any atom is -0.504 e. The second-order valence-corrected chi connectivity index (χ2v) is 14.1. The molecule has 2 aromatic rings. The summed E-state index contributed by atoms with van der Waals surface area (Å²) in [6.45, 7) is -1.02. The summed E-state index contributed by atoms with van der Waals surface area (Å²) in [5.74, 6) is -8.56. The number of hydrogen-bond acceptors (Lipinski definition) is 15. The number of thiazole rings is 1. The first-order valence-electron chi connectivity index (χ1n) is 14.5. The van der Waals surface area contributed by atoms with Crippen LogP contribution in [0.4, 0.5) is 9.93 Å². The van der Waals surface area contributed by atoms with Crippen molar-refractivity contribution in [1.29, 1.82) is 0 Å². The minimum absolute atomic E-state index is 0.0554. The maximum Gasteiger partial charge on any atom is 0.350 e. The Morgan fingerprint density at radius 1 is 1.08 bits per heavy atom. The van der Waals surface area contributed by atoms with Crippen LogP contribution in [0.3, 0.4) is 0 Å². The molecule has 50 heavy (non-hydrogen) atoms. The fourth-order valence-electron chi connectivity index (χ4n) is 5.59. The lowest BCUT2D eigenvalue weighted by Gasteiger charge is -2.41.